The number of methoxy groups -OCH3 is 1. The number of piperidine rings is 1. The standard InChI is InChI=1S/C28H39ClN2O4S/c1-35-20-7-8-24-22(17-20)27(23(29)19-30-24)25(32)9-10-28(18-26(33)34)11-14-31(15-12-28)13-4-16-36-21-5-2-3-6-21/h7-8,17,19,21,25,32H,2-6,9-16,18H2,1H3,(H,33,34). The fraction of sp³-hybridized carbons (Fsp3) is 0.643. The van der Waals surface area contributed by atoms with E-state index in [0.29, 0.717) is 29.2 Å². The van der Waals surface area contributed by atoms with Crippen LogP contribution in [0, 0.1) is 5.41 Å². The number of ether oxygens (including phenoxy) is 1. The van der Waals surface area contributed by atoms with E-state index in [-0.39, 0.29) is 11.8 Å². The number of aliphatic hydroxyl groups excluding tert-OH is 1. The first-order valence-electron chi connectivity index (χ1n) is 13.3. The number of benzene rings is 1. The molecule has 36 heavy (non-hydrogen) atoms. The maximum atomic E-state index is 11.8. The summed E-state index contributed by atoms with van der Waals surface area (Å²) in [5.41, 5.74) is 1.09. The number of aliphatic carboxylic acids is 1. The number of carboxylic acids is 1. The lowest BCUT2D eigenvalue weighted by molar-refractivity contribution is -0.141. The Morgan fingerprint density at radius 2 is 2.06 bits per heavy atom. The first-order chi connectivity index (χ1) is 17.4. The second-order valence-electron chi connectivity index (χ2n) is 10.5. The zero-order valence-electron chi connectivity index (χ0n) is 21.3. The average molecular weight is 535 g/mol. The number of halogens is 1. The minimum absolute atomic E-state index is 0.143. The van der Waals surface area contributed by atoms with Gasteiger partial charge in [0.15, 0.2) is 0 Å². The quantitative estimate of drug-likeness (QED) is 0.308. The van der Waals surface area contributed by atoms with Gasteiger partial charge < -0.3 is 19.8 Å². The van der Waals surface area contributed by atoms with Gasteiger partial charge in [0.2, 0.25) is 0 Å². The maximum Gasteiger partial charge on any atom is 0.303 e. The molecule has 198 valence electrons. The summed E-state index contributed by atoms with van der Waals surface area (Å²) in [4.78, 5) is 18.7. The monoisotopic (exact) mass is 534 g/mol. The lowest BCUT2D eigenvalue weighted by Crippen LogP contribution is -2.41. The molecule has 1 saturated heterocycles. The van der Waals surface area contributed by atoms with Gasteiger partial charge in [-0.25, -0.2) is 0 Å². The van der Waals surface area contributed by atoms with Crippen molar-refractivity contribution in [2.75, 3.05) is 32.5 Å². The molecule has 2 fully saturated rings. The lowest BCUT2D eigenvalue weighted by Gasteiger charge is -2.41. The number of carboxylic acid groups (broad SMARTS) is 1. The topological polar surface area (TPSA) is 82.9 Å². The van der Waals surface area contributed by atoms with Crippen molar-refractivity contribution >= 4 is 40.2 Å². The fourth-order valence-electron chi connectivity index (χ4n) is 5.90. The first kappa shape index (κ1) is 27.5. The van der Waals surface area contributed by atoms with Crippen molar-refractivity contribution in [3.63, 3.8) is 0 Å². The lowest BCUT2D eigenvalue weighted by atomic mass is 9.71. The largest absolute Gasteiger partial charge is 0.497 e. The zero-order chi connectivity index (χ0) is 25.5. The predicted octanol–water partition coefficient (Wildman–Crippen LogP) is 6.33. The van der Waals surface area contributed by atoms with Gasteiger partial charge in [-0.1, -0.05) is 24.4 Å². The van der Waals surface area contributed by atoms with Gasteiger partial charge >= 0.3 is 5.97 Å². The highest BCUT2D eigenvalue weighted by molar-refractivity contribution is 7.99. The van der Waals surface area contributed by atoms with E-state index in [4.69, 9.17) is 16.3 Å². The smallest absolute Gasteiger partial charge is 0.303 e. The van der Waals surface area contributed by atoms with Gasteiger partial charge in [-0.05, 0) is 93.9 Å². The molecule has 4 rings (SSSR count). The Balaban J connectivity index is 1.35. The summed E-state index contributed by atoms with van der Waals surface area (Å²) >= 11 is 8.63. The van der Waals surface area contributed by atoms with Crippen LogP contribution in [-0.2, 0) is 4.79 Å². The molecule has 0 bridgehead atoms. The molecule has 1 aliphatic carbocycles. The van der Waals surface area contributed by atoms with Crippen LogP contribution in [0.5, 0.6) is 5.75 Å². The molecule has 1 aliphatic heterocycles. The van der Waals surface area contributed by atoms with Crippen LogP contribution in [0.4, 0.5) is 0 Å². The molecule has 1 aromatic heterocycles. The second kappa shape index (κ2) is 12.8. The molecule has 8 heteroatoms. The van der Waals surface area contributed by atoms with Crippen molar-refractivity contribution in [1.29, 1.82) is 0 Å². The van der Waals surface area contributed by atoms with Gasteiger partial charge in [0.1, 0.15) is 5.75 Å². The molecule has 0 radical (unpaired) electrons. The van der Waals surface area contributed by atoms with Crippen LogP contribution in [0.2, 0.25) is 5.02 Å². The summed E-state index contributed by atoms with van der Waals surface area (Å²) in [5.74, 6) is 1.14. The van der Waals surface area contributed by atoms with Crippen LogP contribution in [0.25, 0.3) is 10.9 Å². The Kier molecular flexibility index (Phi) is 9.78. The van der Waals surface area contributed by atoms with Crippen molar-refractivity contribution in [2.24, 2.45) is 5.41 Å². The highest BCUT2D eigenvalue weighted by atomic mass is 35.5. The molecule has 1 atom stereocenters. The van der Waals surface area contributed by atoms with E-state index in [9.17, 15) is 15.0 Å². The SMILES string of the molecule is COc1ccc2ncc(Cl)c(C(O)CCC3(CC(=O)O)CCN(CCCSC4CCCC4)CC3)c2c1. The number of hydrogen-bond acceptors (Lipinski definition) is 6. The number of carbonyl (C=O) groups is 1. The van der Waals surface area contributed by atoms with Crippen molar-refractivity contribution < 1.29 is 19.7 Å². The summed E-state index contributed by atoms with van der Waals surface area (Å²) < 4.78 is 5.36. The molecular weight excluding hydrogens is 496 g/mol. The van der Waals surface area contributed by atoms with E-state index in [0.717, 1.165) is 48.6 Å². The highest BCUT2D eigenvalue weighted by Crippen LogP contribution is 2.43. The second-order valence-corrected chi connectivity index (χ2v) is 12.3. The summed E-state index contributed by atoms with van der Waals surface area (Å²) in [6, 6.07) is 5.54. The molecule has 1 saturated carbocycles. The number of hydrogen-bond donors (Lipinski definition) is 2. The first-order valence-corrected chi connectivity index (χ1v) is 14.7. The van der Waals surface area contributed by atoms with Gasteiger partial charge in [-0.15, -0.1) is 0 Å². The third-order valence-electron chi connectivity index (χ3n) is 8.07. The van der Waals surface area contributed by atoms with Crippen molar-refractivity contribution in [2.45, 2.75) is 75.6 Å². The van der Waals surface area contributed by atoms with Gasteiger partial charge in [-0.3, -0.25) is 9.78 Å². The average Bonchev–Trinajstić information content (AvgIpc) is 3.39. The zero-order valence-corrected chi connectivity index (χ0v) is 22.8. The summed E-state index contributed by atoms with van der Waals surface area (Å²) in [5, 5.41) is 22.9. The minimum atomic E-state index is -0.800. The predicted molar refractivity (Wildman–Crippen MR) is 147 cm³/mol. The molecule has 1 aromatic carbocycles. The Morgan fingerprint density at radius 3 is 2.75 bits per heavy atom. The van der Waals surface area contributed by atoms with E-state index in [1.165, 1.54) is 37.9 Å². The summed E-state index contributed by atoms with van der Waals surface area (Å²) in [7, 11) is 1.60. The number of rotatable bonds is 12. The van der Waals surface area contributed by atoms with E-state index in [2.05, 4.69) is 21.6 Å². The molecule has 6 nitrogen and oxygen atoms in total. The Morgan fingerprint density at radius 1 is 1.31 bits per heavy atom. The molecular formula is C28H39ClN2O4S. The number of aromatic nitrogens is 1. The fourth-order valence-corrected chi connectivity index (χ4v) is 7.47. The highest BCUT2D eigenvalue weighted by Gasteiger charge is 2.37. The van der Waals surface area contributed by atoms with Gasteiger partial charge in [0, 0.05) is 22.4 Å². The third kappa shape index (κ3) is 7.06. The third-order valence-corrected chi connectivity index (χ3v) is 9.84. The van der Waals surface area contributed by atoms with Crippen LogP contribution in [-0.4, -0.2) is 63.8 Å². The van der Waals surface area contributed by atoms with Crippen molar-refractivity contribution in [3.8, 4) is 5.75 Å². The number of thioether (sulfide) groups is 1. The number of likely N-dealkylation sites (tertiary alicyclic amines) is 1. The molecule has 0 amide bonds. The van der Waals surface area contributed by atoms with Gasteiger partial charge in [0.25, 0.3) is 0 Å². The van der Waals surface area contributed by atoms with E-state index in [1.54, 1.807) is 13.3 Å². The maximum absolute atomic E-state index is 11.8. The van der Waals surface area contributed by atoms with E-state index >= 15 is 0 Å². The molecule has 2 N–H and O–H groups in total. The molecule has 2 aromatic rings. The number of aliphatic hydroxyl groups is 1. The Hall–Kier alpha value is -1.54. The molecule has 2 aliphatic rings. The summed E-state index contributed by atoms with van der Waals surface area (Å²) in [6.07, 6.45) is 10.5. The van der Waals surface area contributed by atoms with Crippen LogP contribution in [0.15, 0.2) is 24.4 Å². The van der Waals surface area contributed by atoms with E-state index in [1.807, 2.05) is 18.2 Å². The van der Waals surface area contributed by atoms with Crippen molar-refractivity contribution in [3.05, 3.63) is 35.0 Å². The number of nitrogens with zero attached hydrogens (tertiary/aromatic N) is 2. The molecule has 0 spiro atoms. The Bertz CT molecular complexity index is 1020. The van der Waals surface area contributed by atoms with Crippen LogP contribution >= 0.6 is 23.4 Å². The number of pyridine rings is 1. The molecule has 1 unspecified atom stereocenters. The molecule has 2 heterocycles. The van der Waals surface area contributed by atoms with Gasteiger partial charge in [-0.2, -0.15) is 11.8 Å². The van der Waals surface area contributed by atoms with Crippen molar-refractivity contribution in [1.82, 2.24) is 9.88 Å². The minimum Gasteiger partial charge on any atom is -0.497 e. The number of fused-ring (bicyclic) bond motifs is 1. The summed E-state index contributed by atoms with van der Waals surface area (Å²) in [6.45, 7) is 2.94. The van der Waals surface area contributed by atoms with E-state index < -0.39 is 12.1 Å². The van der Waals surface area contributed by atoms with Crippen LogP contribution in [0.1, 0.15) is 75.9 Å². The van der Waals surface area contributed by atoms with Crippen LogP contribution in [0.3, 0.4) is 0 Å². The normalized spacial score (nSPS) is 19.5. The Labute approximate surface area is 223 Å². The van der Waals surface area contributed by atoms with Gasteiger partial charge in [0.05, 0.1) is 30.2 Å². The van der Waals surface area contributed by atoms with Crippen LogP contribution < -0.4 is 4.74 Å².